The van der Waals surface area contributed by atoms with E-state index in [1.807, 2.05) is 12.1 Å². The van der Waals surface area contributed by atoms with E-state index >= 15 is 0 Å². The molecule has 4 N–H and O–H groups in total. The third-order valence-electron chi connectivity index (χ3n) is 5.06. The van der Waals surface area contributed by atoms with Gasteiger partial charge in [-0.3, -0.25) is 0 Å². The molecule has 4 rings (SSSR count). The van der Waals surface area contributed by atoms with Gasteiger partial charge in [0.1, 0.15) is 6.33 Å². The van der Waals surface area contributed by atoms with Gasteiger partial charge in [0, 0.05) is 23.8 Å². The van der Waals surface area contributed by atoms with Crippen LogP contribution in [-0.4, -0.2) is 74.0 Å². The molecule has 0 saturated carbocycles. The molecule has 0 bridgehead atoms. The van der Waals surface area contributed by atoms with Crippen LogP contribution in [-0.2, 0) is 19.6 Å². The highest BCUT2D eigenvalue weighted by Gasteiger charge is 2.38. The Labute approximate surface area is 226 Å². The first-order valence-corrected chi connectivity index (χ1v) is 12.9. The smallest absolute Gasteiger partial charge is 0.475 e. The number of halogens is 4. The first-order chi connectivity index (χ1) is 18.4. The molecule has 1 fully saturated rings. The van der Waals surface area contributed by atoms with Crippen LogP contribution in [0.2, 0.25) is 5.02 Å². The van der Waals surface area contributed by atoms with E-state index in [2.05, 4.69) is 35.2 Å². The first kappa shape index (κ1) is 29.8. The summed E-state index contributed by atoms with van der Waals surface area (Å²) < 4.78 is 64.2. The molecule has 39 heavy (non-hydrogen) atoms. The number of carbonyl (C=O) groups is 1. The number of hydrogen-bond acceptors (Lipinski definition) is 10. The van der Waals surface area contributed by atoms with Gasteiger partial charge in [-0.1, -0.05) is 11.6 Å². The number of aromatic nitrogens is 3. The predicted octanol–water partition coefficient (Wildman–Crippen LogP) is 3.39. The Morgan fingerprint density at radius 2 is 1.64 bits per heavy atom. The number of alkyl halides is 3. The Hall–Kier alpha value is -3.73. The number of morpholine rings is 1. The van der Waals surface area contributed by atoms with Crippen molar-refractivity contribution in [3.63, 3.8) is 0 Å². The zero-order chi connectivity index (χ0) is 28.6. The molecular formula is C22H23ClF3N7O5S. The Kier molecular flexibility index (Phi) is 9.85. The molecule has 0 spiro atoms. The van der Waals surface area contributed by atoms with Crippen molar-refractivity contribution >= 4 is 56.6 Å². The van der Waals surface area contributed by atoms with Crippen molar-refractivity contribution in [1.29, 1.82) is 0 Å². The molecule has 0 aliphatic carbocycles. The quantitative estimate of drug-likeness (QED) is 0.320. The Balaban J connectivity index is 0.000000532. The average Bonchev–Trinajstić information content (AvgIpc) is 2.90. The Morgan fingerprint density at radius 3 is 2.21 bits per heavy atom. The maximum atomic E-state index is 12.3. The van der Waals surface area contributed by atoms with Crippen molar-refractivity contribution in [2.75, 3.05) is 48.9 Å². The van der Waals surface area contributed by atoms with E-state index in [0.717, 1.165) is 11.4 Å². The van der Waals surface area contributed by atoms with Gasteiger partial charge >= 0.3 is 12.1 Å². The van der Waals surface area contributed by atoms with Gasteiger partial charge in [-0.25, -0.2) is 27.9 Å². The Morgan fingerprint density at radius 1 is 1.05 bits per heavy atom. The normalized spacial score (nSPS) is 13.7. The molecule has 2 heterocycles. The third-order valence-corrected chi connectivity index (χ3v) is 6.72. The van der Waals surface area contributed by atoms with Gasteiger partial charge in [-0.15, -0.1) is 0 Å². The van der Waals surface area contributed by atoms with Gasteiger partial charge in [0.25, 0.3) is 0 Å². The zero-order valence-corrected chi connectivity index (χ0v) is 21.8. The standard InChI is InChI=1S/C20H22ClN7O3S.C2HF3O2/c1-22-32(29,30)16-6-7-18(28-8-10-31-11-9-28)17(12-16)26-20-24-13-23-19(27-20)25-15-4-2-14(21)3-5-15;3-2(4,5)1(6)7/h2-7,12-13,22H,8-11H2,1H3,(H2,23,24,25,26,27);(H,6,7). The Bertz CT molecular complexity index is 1390. The second-order valence-electron chi connectivity index (χ2n) is 7.68. The number of sulfonamides is 1. The van der Waals surface area contributed by atoms with Crippen LogP contribution in [0.15, 0.2) is 53.7 Å². The number of nitrogens with zero attached hydrogens (tertiary/aromatic N) is 4. The van der Waals surface area contributed by atoms with E-state index in [-0.39, 0.29) is 10.8 Å². The molecule has 17 heteroatoms. The summed E-state index contributed by atoms with van der Waals surface area (Å²) in [5.41, 5.74) is 2.16. The number of anilines is 5. The van der Waals surface area contributed by atoms with Crippen LogP contribution in [0.1, 0.15) is 0 Å². The lowest BCUT2D eigenvalue weighted by atomic mass is 10.2. The second kappa shape index (κ2) is 12.9. The van der Waals surface area contributed by atoms with Gasteiger partial charge < -0.3 is 25.4 Å². The van der Waals surface area contributed by atoms with Crippen LogP contribution in [0.25, 0.3) is 0 Å². The topological polar surface area (TPSA) is 159 Å². The third kappa shape index (κ3) is 8.64. The number of carboxylic acid groups (broad SMARTS) is 1. The van der Waals surface area contributed by atoms with Crippen molar-refractivity contribution in [2.24, 2.45) is 0 Å². The molecule has 1 saturated heterocycles. The van der Waals surface area contributed by atoms with Crippen molar-refractivity contribution in [3.05, 3.63) is 53.8 Å². The maximum Gasteiger partial charge on any atom is 0.490 e. The lowest BCUT2D eigenvalue weighted by Crippen LogP contribution is -2.36. The van der Waals surface area contributed by atoms with Gasteiger partial charge in [0.2, 0.25) is 21.9 Å². The molecule has 0 radical (unpaired) electrons. The van der Waals surface area contributed by atoms with Crippen molar-refractivity contribution in [2.45, 2.75) is 11.1 Å². The summed E-state index contributed by atoms with van der Waals surface area (Å²) in [5, 5.41) is 14.0. The van der Waals surface area contributed by atoms with E-state index in [1.54, 1.807) is 30.3 Å². The lowest BCUT2D eigenvalue weighted by molar-refractivity contribution is -0.192. The molecule has 1 aliphatic rings. The minimum Gasteiger partial charge on any atom is -0.475 e. The molecule has 0 atom stereocenters. The van der Waals surface area contributed by atoms with Crippen molar-refractivity contribution in [1.82, 2.24) is 19.7 Å². The lowest BCUT2D eigenvalue weighted by Gasteiger charge is -2.30. The number of benzene rings is 2. The van der Waals surface area contributed by atoms with E-state index in [4.69, 9.17) is 26.2 Å². The molecule has 3 aromatic rings. The molecule has 12 nitrogen and oxygen atoms in total. The summed E-state index contributed by atoms with van der Waals surface area (Å²) in [7, 11) is -2.25. The van der Waals surface area contributed by atoms with E-state index in [0.29, 0.717) is 43.0 Å². The van der Waals surface area contributed by atoms with Gasteiger partial charge in [0.15, 0.2) is 0 Å². The van der Waals surface area contributed by atoms with Crippen molar-refractivity contribution < 1.29 is 36.2 Å². The number of nitrogens with one attached hydrogen (secondary N) is 3. The number of rotatable bonds is 7. The van der Waals surface area contributed by atoms with Crippen LogP contribution in [0.3, 0.4) is 0 Å². The summed E-state index contributed by atoms with van der Waals surface area (Å²) in [6, 6.07) is 12.0. The van der Waals surface area contributed by atoms with Crippen LogP contribution in [0, 0.1) is 0 Å². The fourth-order valence-electron chi connectivity index (χ4n) is 3.18. The minimum absolute atomic E-state index is 0.132. The number of carboxylic acids is 1. The second-order valence-corrected chi connectivity index (χ2v) is 10.0. The minimum atomic E-state index is -5.08. The van der Waals surface area contributed by atoms with E-state index < -0.39 is 22.2 Å². The number of aliphatic carboxylic acids is 1. The highest BCUT2D eigenvalue weighted by Crippen LogP contribution is 2.31. The summed E-state index contributed by atoms with van der Waals surface area (Å²) in [4.78, 5) is 23.9. The van der Waals surface area contributed by atoms with Gasteiger partial charge in [-0.05, 0) is 49.5 Å². The molecule has 0 amide bonds. The number of hydrogen-bond donors (Lipinski definition) is 4. The monoisotopic (exact) mass is 589 g/mol. The summed E-state index contributed by atoms with van der Waals surface area (Å²) >= 11 is 5.93. The molecular weight excluding hydrogens is 567 g/mol. The van der Waals surface area contributed by atoms with Crippen LogP contribution in [0.5, 0.6) is 0 Å². The maximum absolute atomic E-state index is 12.3. The fourth-order valence-corrected chi connectivity index (χ4v) is 4.06. The molecule has 2 aromatic carbocycles. The van der Waals surface area contributed by atoms with Crippen LogP contribution >= 0.6 is 11.6 Å². The summed E-state index contributed by atoms with van der Waals surface area (Å²) in [6.07, 6.45) is -3.71. The molecule has 210 valence electrons. The predicted molar refractivity (Wildman–Crippen MR) is 137 cm³/mol. The van der Waals surface area contributed by atoms with Gasteiger partial charge in [-0.2, -0.15) is 18.2 Å². The van der Waals surface area contributed by atoms with Crippen molar-refractivity contribution in [3.8, 4) is 0 Å². The molecule has 1 aromatic heterocycles. The largest absolute Gasteiger partial charge is 0.490 e. The SMILES string of the molecule is CNS(=O)(=O)c1ccc(N2CCOCC2)c(Nc2ncnc(Nc3ccc(Cl)cc3)n2)c1.O=C(O)C(F)(F)F. The van der Waals surface area contributed by atoms with E-state index in [1.165, 1.54) is 13.4 Å². The number of ether oxygens (including phenoxy) is 1. The molecule has 1 aliphatic heterocycles. The highest BCUT2D eigenvalue weighted by atomic mass is 35.5. The average molecular weight is 590 g/mol. The van der Waals surface area contributed by atoms with Crippen LogP contribution in [0.4, 0.5) is 42.1 Å². The van der Waals surface area contributed by atoms with Crippen LogP contribution < -0.4 is 20.3 Å². The first-order valence-electron chi connectivity index (χ1n) is 11.1. The van der Waals surface area contributed by atoms with E-state index in [9.17, 15) is 21.6 Å². The summed E-state index contributed by atoms with van der Waals surface area (Å²) in [5.74, 6) is -2.16. The summed E-state index contributed by atoms with van der Waals surface area (Å²) in [6.45, 7) is 2.56. The van der Waals surface area contributed by atoms with Gasteiger partial charge in [0.05, 0.1) is 29.5 Å². The fraction of sp³-hybridized carbons (Fsp3) is 0.273. The zero-order valence-electron chi connectivity index (χ0n) is 20.2. The molecule has 0 unspecified atom stereocenters. The highest BCUT2D eigenvalue weighted by molar-refractivity contribution is 7.89.